The summed E-state index contributed by atoms with van der Waals surface area (Å²) in [6, 6.07) is 3.46. The number of nitrogens with two attached hydrogens (primary N) is 1. The number of methoxy groups -OCH3 is 1. The van der Waals surface area contributed by atoms with E-state index in [0.717, 1.165) is 6.42 Å². The molecule has 0 aliphatic rings. The first-order chi connectivity index (χ1) is 8.01. The highest BCUT2D eigenvalue weighted by atomic mass is 16.5. The first kappa shape index (κ1) is 13.4. The molecule has 0 saturated carbocycles. The van der Waals surface area contributed by atoms with Crippen molar-refractivity contribution in [2.75, 3.05) is 12.4 Å². The minimum atomic E-state index is -0.879. The van der Waals surface area contributed by atoms with Crippen LogP contribution in [-0.2, 0) is 4.79 Å². The highest BCUT2D eigenvalue weighted by Gasteiger charge is 2.27. The quantitative estimate of drug-likeness (QED) is 0.814. The monoisotopic (exact) mass is 237 g/mol. The van der Waals surface area contributed by atoms with E-state index in [2.05, 4.69) is 10.3 Å². The Labute approximate surface area is 101 Å². The van der Waals surface area contributed by atoms with Crippen LogP contribution in [0.3, 0.4) is 0 Å². The summed E-state index contributed by atoms with van der Waals surface area (Å²) in [6.45, 7) is 3.71. The minimum absolute atomic E-state index is 0.231. The molecule has 94 valence electrons. The van der Waals surface area contributed by atoms with Crippen molar-refractivity contribution in [1.29, 1.82) is 0 Å². The van der Waals surface area contributed by atoms with Gasteiger partial charge in [0.2, 0.25) is 11.8 Å². The van der Waals surface area contributed by atoms with Crippen LogP contribution >= 0.6 is 0 Å². The lowest BCUT2D eigenvalue weighted by atomic mass is 9.96. The van der Waals surface area contributed by atoms with Gasteiger partial charge in [0.1, 0.15) is 5.69 Å². The lowest BCUT2D eigenvalue weighted by molar-refractivity contribution is -0.120. The molecule has 0 aliphatic heterocycles. The van der Waals surface area contributed by atoms with Crippen molar-refractivity contribution in [3.63, 3.8) is 0 Å². The summed E-state index contributed by atoms with van der Waals surface area (Å²) in [4.78, 5) is 16.0. The number of aromatic nitrogens is 1. The molecule has 1 atom stereocenters. The van der Waals surface area contributed by atoms with Gasteiger partial charge in [0.05, 0.1) is 12.6 Å². The summed E-state index contributed by atoms with van der Waals surface area (Å²) in [5, 5.41) is 2.74. The molecule has 0 aromatic carbocycles. The van der Waals surface area contributed by atoms with Crippen LogP contribution in [0.25, 0.3) is 0 Å². The number of carbonyl (C=O) groups is 1. The summed E-state index contributed by atoms with van der Waals surface area (Å²) in [7, 11) is 1.51. The minimum Gasteiger partial charge on any atom is -0.480 e. The second-order valence-corrected chi connectivity index (χ2v) is 4.18. The van der Waals surface area contributed by atoms with Gasteiger partial charge >= 0.3 is 0 Å². The van der Waals surface area contributed by atoms with E-state index >= 15 is 0 Å². The molecule has 1 aromatic heterocycles. The van der Waals surface area contributed by atoms with Gasteiger partial charge in [0.15, 0.2) is 0 Å². The average molecular weight is 237 g/mol. The van der Waals surface area contributed by atoms with Crippen molar-refractivity contribution < 1.29 is 9.53 Å². The average Bonchev–Trinajstić information content (AvgIpc) is 2.29. The standard InChI is InChI=1S/C12H19N3O2/c1-4-7-12(2,13)11(16)15-9-6-5-8-14-10(9)17-3/h5-6,8H,4,7,13H2,1-3H3,(H,15,16)/t12-/m1/s1. The van der Waals surface area contributed by atoms with Crippen LogP contribution in [0, 0.1) is 0 Å². The number of nitrogens with zero attached hydrogens (tertiary/aromatic N) is 1. The fraction of sp³-hybridized carbons (Fsp3) is 0.500. The van der Waals surface area contributed by atoms with Crippen LogP contribution in [0.5, 0.6) is 5.88 Å². The summed E-state index contributed by atoms with van der Waals surface area (Å²) < 4.78 is 5.05. The predicted molar refractivity (Wildman–Crippen MR) is 66.9 cm³/mol. The molecule has 5 heteroatoms. The fourth-order valence-electron chi connectivity index (χ4n) is 1.55. The maximum atomic E-state index is 12.0. The Morgan fingerprint density at radius 3 is 2.94 bits per heavy atom. The zero-order chi connectivity index (χ0) is 12.9. The highest BCUT2D eigenvalue weighted by molar-refractivity contribution is 5.98. The molecule has 0 aliphatic carbocycles. The third kappa shape index (κ3) is 3.42. The number of carbonyl (C=O) groups excluding carboxylic acids is 1. The number of ether oxygens (including phenoxy) is 1. The topological polar surface area (TPSA) is 77.2 Å². The number of pyridine rings is 1. The predicted octanol–water partition coefficient (Wildman–Crippen LogP) is 1.55. The molecule has 1 rings (SSSR count). The van der Waals surface area contributed by atoms with E-state index in [0.29, 0.717) is 18.0 Å². The Hall–Kier alpha value is -1.62. The van der Waals surface area contributed by atoms with E-state index in [9.17, 15) is 4.79 Å². The normalized spacial score (nSPS) is 13.9. The molecular formula is C12H19N3O2. The first-order valence-corrected chi connectivity index (χ1v) is 5.60. The lowest BCUT2D eigenvalue weighted by Gasteiger charge is -2.23. The van der Waals surface area contributed by atoms with Crippen LogP contribution < -0.4 is 15.8 Å². The molecular weight excluding hydrogens is 218 g/mol. The molecule has 0 saturated heterocycles. The third-order valence-electron chi connectivity index (χ3n) is 2.50. The van der Waals surface area contributed by atoms with Gasteiger partial charge in [0.25, 0.3) is 0 Å². The van der Waals surface area contributed by atoms with E-state index in [1.807, 2.05) is 6.92 Å². The second-order valence-electron chi connectivity index (χ2n) is 4.18. The van der Waals surface area contributed by atoms with Crippen molar-refractivity contribution in [2.24, 2.45) is 5.73 Å². The highest BCUT2D eigenvalue weighted by Crippen LogP contribution is 2.21. The SMILES string of the molecule is CCC[C@@](C)(N)C(=O)Nc1cccnc1OC. The second kappa shape index (κ2) is 5.63. The molecule has 17 heavy (non-hydrogen) atoms. The van der Waals surface area contributed by atoms with Gasteiger partial charge in [-0.25, -0.2) is 4.98 Å². The first-order valence-electron chi connectivity index (χ1n) is 5.60. The van der Waals surface area contributed by atoms with E-state index in [1.165, 1.54) is 7.11 Å². The summed E-state index contributed by atoms with van der Waals surface area (Å²) in [5.74, 6) is 0.152. The number of amides is 1. The summed E-state index contributed by atoms with van der Waals surface area (Å²) >= 11 is 0. The molecule has 5 nitrogen and oxygen atoms in total. The molecule has 1 heterocycles. The molecule has 0 radical (unpaired) electrons. The van der Waals surface area contributed by atoms with Gasteiger partial charge in [-0.15, -0.1) is 0 Å². The molecule has 3 N–H and O–H groups in total. The summed E-state index contributed by atoms with van der Waals surface area (Å²) in [5.41, 5.74) is 5.59. The van der Waals surface area contributed by atoms with Crippen LogP contribution in [0.15, 0.2) is 18.3 Å². The van der Waals surface area contributed by atoms with Crippen molar-refractivity contribution in [1.82, 2.24) is 4.98 Å². The van der Waals surface area contributed by atoms with E-state index < -0.39 is 5.54 Å². The molecule has 0 spiro atoms. The fourth-order valence-corrected chi connectivity index (χ4v) is 1.55. The molecule has 1 aromatic rings. The number of hydrogen-bond acceptors (Lipinski definition) is 4. The molecule has 1 amide bonds. The Morgan fingerprint density at radius 1 is 1.65 bits per heavy atom. The van der Waals surface area contributed by atoms with Crippen molar-refractivity contribution in [2.45, 2.75) is 32.2 Å². The largest absolute Gasteiger partial charge is 0.480 e. The number of anilines is 1. The Morgan fingerprint density at radius 2 is 2.35 bits per heavy atom. The van der Waals surface area contributed by atoms with Gasteiger partial charge in [-0.3, -0.25) is 4.79 Å². The van der Waals surface area contributed by atoms with E-state index in [1.54, 1.807) is 25.3 Å². The Balaban J connectivity index is 2.80. The van der Waals surface area contributed by atoms with Crippen LogP contribution in [0.4, 0.5) is 5.69 Å². The van der Waals surface area contributed by atoms with Crippen molar-refractivity contribution >= 4 is 11.6 Å². The van der Waals surface area contributed by atoms with Crippen LogP contribution in [-0.4, -0.2) is 23.5 Å². The Kier molecular flexibility index (Phi) is 4.45. The molecule has 0 bridgehead atoms. The maximum Gasteiger partial charge on any atom is 0.244 e. The lowest BCUT2D eigenvalue weighted by Crippen LogP contribution is -2.48. The van der Waals surface area contributed by atoms with E-state index in [-0.39, 0.29) is 5.91 Å². The van der Waals surface area contributed by atoms with Gasteiger partial charge in [-0.2, -0.15) is 0 Å². The zero-order valence-corrected chi connectivity index (χ0v) is 10.5. The van der Waals surface area contributed by atoms with Gasteiger partial charge < -0.3 is 15.8 Å². The molecule has 0 fully saturated rings. The number of nitrogens with one attached hydrogen (secondary N) is 1. The number of rotatable bonds is 5. The smallest absolute Gasteiger partial charge is 0.244 e. The summed E-state index contributed by atoms with van der Waals surface area (Å²) in [6.07, 6.45) is 3.08. The zero-order valence-electron chi connectivity index (χ0n) is 10.5. The van der Waals surface area contributed by atoms with Crippen molar-refractivity contribution in [3.8, 4) is 5.88 Å². The van der Waals surface area contributed by atoms with Crippen LogP contribution in [0.1, 0.15) is 26.7 Å². The van der Waals surface area contributed by atoms with E-state index in [4.69, 9.17) is 10.5 Å². The van der Waals surface area contributed by atoms with Crippen LogP contribution in [0.2, 0.25) is 0 Å². The van der Waals surface area contributed by atoms with Gasteiger partial charge in [0, 0.05) is 6.20 Å². The number of hydrogen-bond donors (Lipinski definition) is 2. The van der Waals surface area contributed by atoms with Crippen molar-refractivity contribution in [3.05, 3.63) is 18.3 Å². The Bertz CT molecular complexity index is 391. The molecule has 0 unspecified atom stereocenters. The van der Waals surface area contributed by atoms with Gasteiger partial charge in [-0.1, -0.05) is 13.3 Å². The maximum absolute atomic E-state index is 12.0. The third-order valence-corrected chi connectivity index (χ3v) is 2.50. The van der Waals surface area contributed by atoms with Gasteiger partial charge in [-0.05, 0) is 25.5 Å².